The van der Waals surface area contributed by atoms with Gasteiger partial charge in [-0.15, -0.1) is 0 Å². The first-order valence-electron chi connectivity index (χ1n) is 4.37. The summed E-state index contributed by atoms with van der Waals surface area (Å²) in [7, 11) is 0. The van der Waals surface area contributed by atoms with E-state index in [0.717, 1.165) is 4.47 Å². The Balaban J connectivity index is 2.88. The Morgan fingerprint density at radius 3 is 3.07 bits per heavy atom. The summed E-state index contributed by atoms with van der Waals surface area (Å²) < 4.78 is 5.53. The van der Waals surface area contributed by atoms with Gasteiger partial charge < -0.3 is 4.74 Å². The predicted molar refractivity (Wildman–Crippen MR) is 57.0 cm³/mol. The van der Waals surface area contributed by atoms with Crippen molar-refractivity contribution < 1.29 is 9.53 Å². The van der Waals surface area contributed by atoms with Crippen LogP contribution in [0.4, 0.5) is 0 Å². The lowest BCUT2D eigenvalue weighted by Gasteiger charge is -2.03. The highest BCUT2D eigenvalue weighted by molar-refractivity contribution is 9.10. The zero-order chi connectivity index (χ0) is 11.3. The van der Waals surface area contributed by atoms with Crippen LogP contribution in [0.3, 0.4) is 0 Å². The van der Waals surface area contributed by atoms with Gasteiger partial charge in [-0.05, 0) is 28.9 Å². The van der Waals surface area contributed by atoms with Gasteiger partial charge in [-0.25, -0.2) is 4.98 Å². The van der Waals surface area contributed by atoms with E-state index in [1.165, 1.54) is 6.20 Å². The summed E-state index contributed by atoms with van der Waals surface area (Å²) in [6, 6.07) is 3.63. The largest absolute Gasteiger partial charge is 0.466 e. The number of carbonyl (C=O) groups excluding carboxylic acids is 1. The molecule has 0 saturated carbocycles. The Morgan fingerprint density at radius 1 is 1.73 bits per heavy atom. The molecule has 1 aromatic heterocycles. The van der Waals surface area contributed by atoms with Crippen LogP contribution in [0.1, 0.15) is 18.2 Å². The van der Waals surface area contributed by atoms with Crippen LogP contribution in [-0.4, -0.2) is 17.6 Å². The summed E-state index contributed by atoms with van der Waals surface area (Å²) in [6.07, 6.45) is 1.59. The molecule has 0 aliphatic carbocycles. The molecule has 4 nitrogen and oxygen atoms in total. The third kappa shape index (κ3) is 3.33. The minimum absolute atomic E-state index is 0.0726. The van der Waals surface area contributed by atoms with Crippen LogP contribution in [0.5, 0.6) is 0 Å². The van der Waals surface area contributed by atoms with Gasteiger partial charge in [0.05, 0.1) is 13.0 Å². The van der Waals surface area contributed by atoms with Gasteiger partial charge in [-0.3, -0.25) is 4.79 Å². The lowest BCUT2D eigenvalue weighted by atomic mass is 10.1. The standard InChI is InChI=1S/C10H9BrN2O2/c1-2-15-10(14)4-7-3-8(11)6-13-9(7)5-12/h3,6H,2,4H2,1H3. The van der Waals surface area contributed by atoms with Crippen molar-refractivity contribution in [3.8, 4) is 6.07 Å². The summed E-state index contributed by atoms with van der Waals surface area (Å²) in [5.41, 5.74) is 0.830. The summed E-state index contributed by atoms with van der Waals surface area (Å²) in [4.78, 5) is 15.1. The van der Waals surface area contributed by atoms with Gasteiger partial charge in [0.15, 0.2) is 0 Å². The third-order valence-corrected chi connectivity index (χ3v) is 2.11. The molecule has 0 atom stereocenters. The van der Waals surface area contributed by atoms with Gasteiger partial charge >= 0.3 is 5.97 Å². The SMILES string of the molecule is CCOC(=O)Cc1cc(Br)cnc1C#N. The topological polar surface area (TPSA) is 63.0 Å². The number of esters is 1. The molecular weight excluding hydrogens is 260 g/mol. The molecule has 0 fully saturated rings. The van der Waals surface area contributed by atoms with E-state index in [9.17, 15) is 4.79 Å². The van der Waals surface area contributed by atoms with Crippen molar-refractivity contribution in [3.63, 3.8) is 0 Å². The second kappa shape index (κ2) is 5.47. The molecule has 5 heteroatoms. The average Bonchev–Trinajstić information content (AvgIpc) is 2.18. The maximum atomic E-state index is 11.2. The Kier molecular flexibility index (Phi) is 4.25. The Morgan fingerprint density at radius 2 is 2.47 bits per heavy atom. The maximum Gasteiger partial charge on any atom is 0.310 e. The molecule has 0 bridgehead atoms. The number of halogens is 1. The number of hydrogen-bond donors (Lipinski definition) is 0. The van der Waals surface area contributed by atoms with Crippen LogP contribution >= 0.6 is 15.9 Å². The first kappa shape index (κ1) is 11.7. The van der Waals surface area contributed by atoms with E-state index in [0.29, 0.717) is 12.2 Å². The summed E-state index contributed by atoms with van der Waals surface area (Å²) in [5, 5.41) is 8.77. The van der Waals surface area contributed by atoms with Crippen molar-refractivity contribution in [1.82, 2.24) is 4.98 Å². The van der Waals surface area contributed by atoms with Crippen molar-refractivity contribution in [1.29, 1.82) is 5.26 Å². The summed E-state index contributed by atoms with van der Waals surface area (Å²) in [6.45, 7) is 2.07. The van der Waals surface area contributed by atoms with E-state index in [4.69, 9.17) is 10.00 Å². The van der Waals surface area contributed by atoms with Gasteiger partial charge in [0.2, 0.25) is 0 Å². The van der Waals surface area contributed by atoms with Crippen molar-refractivity contribution in [2.45, 2.75) is 13.3 Å². The average molecular weight is 269 g/mol. The van der Waals surface area contributed by atoms with E-state index < -0.39 is 0 Å². The lowest BCUT2D eigenvalue weighted by molar-refractivity contribution is -0.142. The molecule has 1 aromatic rings. The molecule has 78 valence electrons. The number of nitrogens with zero attached hydrogens (tertiary/aromatic N) is 2. The highest BCUT2D eigenvalue weighted by Crippen LogP contribution is 2.14. The molecule has 0 amide bonds. The van der Waals surface area contributed by atoms with Gasteiger partial charge in [0, 0.05) is 16.2 Å². The van der Waals surface area contributed by atoms with E-state index in [2.05, 4.69) is 20.9 Å². The highest BCUT2D eigenvalue weighted by atomic mass is 79.9. The maximum absolute atomic E-state index is 11.2. The van der Waals surface area contributed by atoms with Crippen molar-refractivity contribution in [3.05, 3.63) is 28.0 Å². The minimum atomic E-state index is -0.353. The first-order chi connectivity index (χ1) is 7.17. The molecule has 0 unspecified atom stereocenters. The van der Waals surface area contributed by atoms with Crippen LogP contribution in [0, 0.1) is 11.3 Å². The van der Waals surface area contributed by atoms with Gasteiger partial charge in [-0.2, -0.15) is 5.26 Å². The number of pyridine rings is 1. The number of ether oxygens (including phenoxy) is 1. The van der Waals surface area contributed by atoms with Gasteiger partial charge in [0.25, 0.3) is 0 Å². The monoisotopic (exact) mass is 268 g/mol. The molecule has 1 rings (SSSR count). The highest BCUT2D eigenvalue weighted by Gasteiger charge is 2.10. The normalized spacial score (nSPS) is 9.40. The predicted octanol–water partition coefficient (Wildman–Crippen LogP) is 1.82. The van der Waals surface area contributed by atoms with Crippen LogP contribution < -0.4 is 0 Å². The molecule has 15 heavy (non-hydrogen) atoms. The molecule has 0 N–H and O–H groups in total. The number of aromatic nitrogens is 1. The number of hydrogen-bond acceptors (Lipinski definition) is 4. The third-order valence-electron chi connectivity index (χ3n) is 1.68. The molecule has 1 heterocycles. The van der Waals surface area contributed by atoms with Crippen LogP contribution in [0.25, 0.3) is 0 Å². The van der Waals surface area contributed by atoms with Crippen LogP contribution in [0.15, 0.2) is 16.7 Å². The fourth-order valence-electron chi connectivity index (χ4n) is 1.08. The van der Waals surface area contributed by atoms with Crippen molar-refractivity contribution in [2.24, 2.45) is 0 Å². The van der Waals surface area contributed by atoms with Gasteiger partial charge in [-0.1, -0.05) is 0 Å². The summed E-state index contributed by atoms with van der Waals surface area (Å²) >= 11 is 3.23. The molecular formula is C10H9BrN2O2. The summed E-state index contributed by atoms with van der Waals surface area (Å²) in [5.74, 6) is -0.353. The zero-order valence-corrected chi connectivity index (χ0v) is 9.74. The lowest BCUT2D eigenvalue weighted by Crippen LogP contribution is -2.09. The minimum Gasteiger partial charge on any atom is -0.466 e. The fourth-order valence-corrected chi connectivity index (χ4v) is 1.46. The van der Waals surface area contributed by atoms with E-state index in [1.54, 1.807) is 13.0 Å². The molecule has 0 radical (unpaired) electrons. The Labute approximate surface area is 96.0 Å². The van der Waals surface area contributed by atoms with Gasteiger partial charge in [0.1, 0.15) is 11.8 Å². The quantitative estimate of drug-likeness (QED) is 0.785. The molecule has 0 spiro atoms. The zero-order valence-electron chi connectivity index (χ0n) is 8.16. The van der Waals surface area contributed by atoms with Crippen LogP contribution in [0.2, 0.25) is 0 Å². The van der Waals surface area contributed by atoms with Crippen molar-refractivity contribution in [2.75, 3.05) is 6.61 Å². The fraction of sp³-hybridized carbons (Fsp3) is 0.300. The Bertz CT molecular complexity index is 412. The molecule has 0 aromatic carbocycles. The number of nitriles is 1. The van der Waals surface area contributed by atoms with Crippen LogP contribution in [-0.2, 0) is 16.0 Å². The number of rotatable bonds is 3. The molecule has 0 saturated heterocycles. The molecule has 0 aliphatic heterocycles. The molecule has 0 aliphatic rings. The van der Waals surface area contributed by atoms with E-state index in [-0.39, 0.29) is 18.1 Å². The van der Waals surface area contributed by atoms with E-state index in [1.807, 2.05) is 6.07 Å². The first-order valence-corrected chi connectivity index (χ1v) is 5.16. The number of carbonyl (C=O) groups is 1. The van der Waals surface area contributed by atoms with E-state index >= 15 is 0 Å². The smallest absolute Gasteiger partial charge is 0.310 e. The van der Waals surface area contributed by atoms with Crippen molar-refractivity contribution >= 4 is 21.9 Å². The second-order valence-corrected chi connectivity index (χ2v) is 3.67. The Hall–Kier alpha value is -1.41. The second-order valence-electron chi connectivity index (χ2n) is 2.75.